The lowest BCUT2D eigenvalue weighted by Crippen LogP contribution is -2.49. The summed E-state index contributed by atoms with van der Waals surface area (Å²) in [5.41, 5.74) is 1.79. The summed E-state index contributed by atoms with van der Waals surface area (Å²) in [5.74, 6) is -0.326. The van der Waals surface area contributed by atoms with E-state index in [1.54, 1.807) is 47.4 Å². The van der Waals surface area contributed by atoms with Gasteiger partial charge in [-0.2, -0.15) is 0 Å². The molecule has 7 nitrogen and oxygen atoms in total. The van der Waals surface area contributed by atoms with E-state index in [-0.39, 0.29) is 17.8 Å². The van der Waals surface area contributed by atoms with E-state index in [0.29, 0.717) is 34.9 Å². The third-order valence-corrected chi connectivity index (χ3v) is 6.08. The molecule has 8 heteroatoms. The van der Waals surface area contributed by atoms with Gasteiger partial charge in [-0.25, -0.2) is 4.79 Å². The van der Waals surface area contributed by atoms with Crippen molar-refractivity contribution in [1.29, 1.82) is 0 Å². The zero-order chi connectivity index (χ0) is 22.3. The predicted molar refractivity (Wildman–Crippen MR) is 127 cm³/mol. The van der Waals surface area contributed by atoms with E-state index in [1.807, 2.05) is 29.6 Å². The van der Waals surface area contributed by atoms with Gasteiger partial charge < -0.3 is 20.9 Å². The van der Waals surface area contributed by atoms with Crippen molar-refractivity contribution in [2.75, 3.05) is 22.5 Å². The normalized spacial score (nSPS) is 15.6. The Balaban J connectivity index is 1.40. The van der Waals surface area contributed by atoms with Crippen LogP contribution in [0.1, 0.15) is 28.9 Å². The Morgan fingerprint density at radius 3 is 2.28 bits per heavy atom. The van der Waals surface area contributed by atoms with Crippen LogP contribution in [0.4, 0.5) is 21.9 Å². The van der Waals surface area contributed by atoms with Crippen molar-refractivity contribution in [3.63, 3.8) is 0 Å². The fourth-order valence-electron chi connectivity index (χ4n) is 3.70. The molecule has 1 aliphatic heterocycles. The molecule has 1 saturated heterocycles. The van der Waals surface area contributed by atoms with Gasteiger partial charge in [0.05, 0.1) is 4.88 Å². The predicted octanol–water partition coefficient (Wildman–Crippen LogP) is 5.03. The van der Waals surface area contributed by atoms with Crippen LogP contribution >= 0.6 is 11.3 Å². The number of amides is 4. The van der Waals surface area contributed by atoms with Crippen molar-refractivity contribution in [3.8, 4) is 0 Å². The molecule has 1 fully saturated rings. The van der Waals surface area contributed by atoms with Gasteiger partial charge in [0.15, 0.2) is 0 Å². The fourth-order valence-corrected chi connectivity index (χ4v) is 4.38. The van der Waals surface area contributed by atoms with Crippen LogP contribution in [-0.2, 0) is 4.79 Å². The molecule has 4 amide bonds. The minimum Gasteiger partial charge on any atom is -0.326 e. The Bertz CT molecular complexity index is 1090. The molecule has 1 atom stereocenters. The minimum atomic E-state index is -0.517. The van der Waals surface area contributed by atoms with Crippen molar-refractivity contribution in [2.24, 2.45) is 0 Å². The van der Waals surface area contributed by atoms with Crippen LogP contribution in [0.2, 0.25) is 0 Å². The summed E-state index contributed by atoms with van der Waals surface area (Å²) < 4.78 is 0. The topological polar surface area (TPSA) is 90.5 Å². The van der Waals surface area contributed by atoms with Gasteiger partial charge >= 0.3 is 6.03 Å². The van der Waals surface area contributed by atoms with Crippen LogP contribution in [0.15, 0.2) is 72.1 Å². The second kappa shape index (κ2) is 10.1. The molecule has 0 spiro atoms. The van der Waals surface area contributed by atoms with Crippen molar-refractivity contribution in [3.05, 3.63) is 77.0 Å². The van der Waals surface area contributed by atoms with Crippen LogP contribution in [-0.4, -0.2) is 35.3 Å². The maximum atomic E-state index is 13.0. The maximum Gasteiger partial charge on any atom is 0.323 e. The Labute approximate surface area is 190 Å². The number of likely N-dealkylation sites (tertiary alicyclic amines) is 1. The second-order valence-corrected chi connectivity index (χ2v) is 8.45. The number of piperidine rings is 1. The van der Waals surface area contributed by atoms with Crippen LogP contribution in [0.3, 0.4) is 0 Å². The smallest absolute Gasteiger partial charge is 0.323 e. The van der Waals surface area contributed by atoms with E-state index in [1.165, 1.54) is 11.3 Å². The number of carbonyl (C=O) groups is 3. The molecule has 2 aromatic carbocycles. The van der Waals surface area contributed by atoms with Gasteiger partial charge in [-0.15, -0.1) is 11.3 Å². The van der Waals surface area contributed by atoms with Gasteiger partial charge in [0, 0.05) is 23.6 Å². The zero-order valence-corrected chi connectivity index (χ0v) is 18.2. The molecule has 0 saturated carbocycles. The van der Waals surface area contributed by atoms with Crippen LogP contribution in [0, 0.1) is 0 Å². The average Bonchev–Trinajstić information content (AvgIpc) is 3.34. The summed E-state index contributed by atoms with van der Waals surface area (Å²) in [5, 5.41) is 10.3. The highest BCUT2D eigenvalue weighted by Gasteiger charge is 2.33. The molecule has 3 aromatic rings. The van der Waals surface area contributed by atoms with Crippen LogP contribution in [0.25, 0.3) is 0 Å². The first-order valence-electron chi connectivity index (χ1n) is 10.5. The third-order valence-electron chi connectivity index (χ3n) is 5.22. The summed E-state index contributed by atoms with van der Waals surface area (Å²) in [7, 11) is 0. The Hall–Kier alpha value is -3.65. The quantitative estimate of drug-likeness (QED) is 0.512. The average molecular weight is 449 g/mol. The largest absolute Gasteiger partial charge is 0.326 e. The lowest BCUT2D eigenvalue weighted by Gasteiger charge is -2.34. The number of hydrogen-bond acceptors (Lipinski definition) is 4. The third kappa shape index (κ3) is 5.33. The molecule has 164 valence electrons. The Kier molecular flexibility index (Phi) is 6.81. The van der Waals surface area contributed by atoms with Gasteiger partial charge in [-0.05, 0) is 61.0 Å². The Morgan fingerprint density at radius 1 is 0.812 bits per heavy atom. The van der Waals surface area contributed by atoms with E-state index < -0.39 is 6.04 Å². The van der Waals surface area contributed by atoms with Crippen molar-refractivity contribution in [1.82, 2.24) is 4.90 Å². The number of benzene rings is 2. The molecular formula is C24H24N4O3S. The molecule has 32 heavy (non-hydrogen) atoms. The van der Waals surface area contributed by atoms with Gasteiger partial charge in [0.1, 0.15) is 6.04 Å². The first-order chi connectivity index (χ1) is 15.6. The molecule has 2 heterocycles. The molecule has 4 rings (SSSR count). The number of carbonyl (C=O) groups excluding carboxylic acids is 3. The number of para-hydroxylation sites is 1. The van der Waals surface area contributed by atoms with Gasteiger partial charge in [0.2, 0.25) is 5.91 Å². The van der Waals surface area contributed by atoms with Crippen LogP contribution < -0.4 is 16.0 Å². The molecule has 3 N–H and O–H groups in total. The first kappa shape index (κ1) is 21.6. The van der Waals surface area contributed by atoms with E-state index >= 15 is 0 Å². The molecule has 0 radical (unpaired) electrons. The fraction of sp³-hybridized carbons (Fsp3) is 0.208. The molecule has 1 aliphatic rings. The summed E-state index contributed by atoms with van der Waals surface area (Å²) >= 11 is 1.38. The molecular weight excluding hydrogens is 424 g/mol. The molecule has 0 aliphatic carbocycles. The summed E-state index contributed by atoms with van der Waals surface area (Å²) in [4.78, 5) is 40.4. The molecule has 1 aromatic heterocycles. The number of urea groups is 1. The van der Waals surface area contributed by atoms with Crippen molar-refractivity contribution in [2.45, 2.75) is 25.3 Å². The highest BCUT2D eigenvalue weighted by atomic mass is 32.1. The van der Waals surface area contributed by atoms with E-state index in [4.69, 9.17) is 0 Å². The number of rotatable bonds is 5. The zero-order valence-electron chi connectivity index (χ0n) is 17.4. The molecule has 0 bridgehead atoms. The lowest BCUT2D eigenvalue weighted by atomic mass is 10.0. The highest BCUT2D eigenvalue weighted by molar-refractivity contribution is 7.12. The van der Waals surface area contributed by atoms with Crippen molar-refractivity contribution >= 4 is 46.2 Å². The monoisotopic (exact) mass is 448 g/mol. The first-order valence-corrected chi connectivity index (χ1v) is 11.4. The van der Waals surface area contributed by atoms with Gasteiger partial charge in [-0.3, -0.25) is 9.59 Å². The number of anilines is 3. The maximum absolute atomic E-state index is 13.0. The summed E-state index contributed by atoms with van der Waals surface area (Å²) in [6, 6.07) is 18.8. The standard InChI is InChI=1S/C24H24N4O3S/c29-22(20-12-4-5-14-28(20)23(30)21-13-7-15-32-21)25-18-10-6-11-19(16-18)27-24(31)26-17-8-2-1-3-9-17/h1-3,6-11,13,15-16,20H,4-5,12,14H2,(H,25,29)(H2,26,27,31)/t20-/m1/s1. The van der Waals surface area contributed by atoms with E-state index in [0.717, 1.165) is 12.8 Å². The van der Waals surface area contributed by atoms with Gasteiger partial charge in [0.25, 0.3) is 5.91 Å². The number of nitrogens with zero attached hydrogens (tertiary/aromatic N) is 1. The summed E-state index contributed by atoms with van der Waals surface area (Å²) in [6.45, 7) is 0.566. The number of hydrogen-bond donors (Lipinski definition) is 3. The minimum absolute atomic E-state index is 0.104. The van der Waals surface area contributed by atoms with Gasteiger partial charge in [-0.1, -0.05) is 30.3 Å². The second-order valence-electron chi connectivity index (χ2n) is 7.50. The molecule has 0 unspecified atom stereocenters. The number of thiophene rings is 1. The van der Waals surface area contributed by atoms with E-state index in [2.05, 4.69) is 16.0 Å². The Morgan fingerprint density at radius 2 is 1.53 bits per heavy atom. The summed E-state index contributed by atoms with van der Waals surface area (Å²) in [6.07, 6.45) is 2.41. The highest BCUT2D eigenvalue weighted by Crippen LogP contribution is 2.24. The van der Waals surface area contributed by atoms with Crippen molar-refractivity contribution < 1.29 is 14.4 Å². The van der Waals surface area contributed by atoms with E-state index in [9.17, 15) is 14.4 Å². The number of nitrogens with one attached hydrogen (secondary N) is 3. The SMILES string of the molecule is O=C(Nc1ccccc1)Nc1cccc(NC(=O)[C@H]2CCCCN2C(=O)c2cccs2)c1. The van der Waals surface area contributed by atoms with Crippen LogP contribution in [0.5, 0.6) is 0 Å². The lowest BCUT2D eigenvalue weighted by molar-refractivity contribution is -0.121.